The molecule has 1 saturated heterocycles. The summed E-state index contributed by atoms with van der Waals surface area (Å²) in [6.07, 6.45) is 1.93. The molecule has 0 unspecified atom stereocenters. The third-order valence-electron chi connectivity index (χ3n) is 5.17. The molecule has 120 valence electrons. The van der Waals surface area contributed by atoms with Crippen LogP contribution in [0.1, 0.15) is 53.9 Å². The summed E-state index contributed by atoms with van der Waals surface area (Å²) < 4.78 is 0. The Kier molecular flexibility index (Phi) is 3.98. The third-order valence-corrected chi connectivity index (χ3v) is 5.17. The molecule has 1 aliphatic carbocycles. The van der Waals surface area contributed by atoms with E-state index in [0.29, 0.717) is 6.42 Å². The number of likely N-dealkylation sites (tertiary alicyclic amines) is 1. The molecule has 5 heteroatoms. The molecule has 2 amide bonds. The molecule has 0 aromatic rings. The van der Waals surface area contributed by atoms with Crippen molar-refractivity contribution in [3.05, 3.63) is 0 Å². The van der Waals surface area contributed by atoms with Crippen LogP contribution in [0.4, 0.5) is 4.79 Å². The van der Waals surface area contributed by atoms with Gasteiger partial charge >= 0.3 is 6.09 Å². The zero-order valence-corrected chi connectivity index (χ0v) is 13.8. The largest absolute Gasteiger partial charge is 0.465 e. The number of hydrogen-bond acceptors (Lipinski definition) is 2. The highest BCUT2D eigenvalue weighted by Gasteiger charge is 2.57. The van der Waals surface area contributed by atoms with E-state index in [1.807, 2.05) is 39.5 Å². The molecule has 0 bridgehead atoms. The van der Waals surface area contributed by atoms with E-state index < -0.39 is 11.6 Å². The number of rotatable bonds is 2. The van der Waals surface area contributed by atoms with Crippen LogP contribution in [-0.4, -0.2) is 51.6 Å². The van der Waals surface area contributed by atoms with Gasteiger partial charge < -0.3 is 10.0 Å². The van der Waals surface area contributed by atoms with Crippen molar-refractivity contribution in [2.75, 3.05) is 13.1 Å². The van der Waals surface area contributed by atoms with Gasteiger partial charge in [0, 0.05) is 30.6 Å². The fraction of sp³-hybridized carbons (Fsp3) is 0.875. The van der Waals surface area contributed by atoms with Crippen LogP contribution in [-0.2, 0) is 4.79 Å². The van der Waals surface area contributed by atoms with Crippen molar-refractivity contribution in [1.82, 2.24) is 9.80 Å². The molecule has 0 aromatic heterocycles. The van der Waals surface area contributed by atoms with Gasteiger partial charge in [0.25, 0.3) is 0 Å². The summed E-state index contributed by atoms with van der Waals surface area (Å²) in [5.41, 5.74) is -0.749. The maximum absolute atomic E-state index is 12.6. The van der Waals surface area contributed by atoms with E-state index in [1.165, 1.54) is 4.90 Å². The standard InChI is InChI=1S/C16H28N2O3/c1-15(2,3)18(14(20)21)12-10-11(16(12,4)5)13(19)17-8-6-7-9-17/h11-12H,6-10H2,1-5H3,(H,20,21)/t11-,12-/m1/s1. The molecule has 5 nitrogen and oxygen atoms in total. The molecule has 2 atom stereocenters. The lowest BCUT2D eigenvalue weighted by Gasteiger charge is -2.58. The maximum atomic E-state index is 12.6. The van der Waals surface area contributed by atoms with E-state index in [4.69, 9.17) is 0 Å². The van der Waals surface area contributed by atoms with Crippen molar-refractivity contribution in [2.45, 2.75) is 65.5 Å². The van der Waals surface area contributed by atoms with Crippen LogP contribution in [0.3, 0.4) is 0 Å². The lowest BCUT2D eigenvalue weighted by molar-refractivity contribution is -0.155. The molecule has 21 heavy (non-hydrogen) atoms. The Bertz CT molecular complexity index is 433. The molecular formula is C16H28N2O3. The second kappa shape index (κ2) is 5.18. The lowest BCUT2D eigenvalue weighted by atomic mass is 9.57. The van der Waals surface area contributed by atoms with E-state index in [1.54, 1.807) is 0 Å². The summed E-state index contributed by atoms with van der Waals surface area (Å²) in [6, 6.07) is -0.0912. The van der Waals surface area contributed by atoms with Gasteiger partial charge in [-0.2, -0.15) is 0 Å². The first-order valence-electron chi connectivity index (χ1n) is 7.88. The number of carbonyl (C=O) groups is 2. The molecule has 2 rings (SSSR count). The average Bonchev–Trinajstić information content (AvgIpc) is 2.84. The van der Waals surface area contributed by atoms with Gasteiger partial charge in [0.2, 0.25) is 5.91 Å². The van der Waals surface area contributed by atoms with E-state index in [9.17, 15) is 14.7 Å². The minimum Gasteiger partial charge on any atom is -0.465 e. The Morgan fingerprint density at radius 3 is 2.10 bits per heavy atom. The summed E-state index contributed by atoms with van der Waals surface area (Å²) in [7, 11) is 0. The third kappa shape index (κ3) is 2.74. The molecule has 0 spiro atoms. The van der Waals surface area contributed by atoms with Crippen molar-refractivity contribution < 1.29 is 14.7 Å². The highest BCUT2D eigenvalue weighted by atomic mass is 16.4. The molecule has 1 heterocycles. The van der Waals surface area contributed by atoms with Crippen molar-refractivity contribution >= 4 is 12.0 Å². The number of nitrogens with zero attached hydrogens (tertiary/aromatic N) is 2. The second-order valence-electron chi connectivity index (χ2n) is 7.98. The molecule has 0 radical (unpaired) electrons. The minimum atomic E-state index is -0.896. The Hall–Kier alpha value is -1.26. The Morgan fingerprint density at radius 2 is 1.71 bits per heavy atom. The average molecular weight is 296 g/mol. The van der Waals surface area contributed by atoms with Gasteiger partial charge in [-0.3, -0.25) is 9.69 Å². The summed E-state index contributed by atoms with van der Waals surface area (Å²) >= 11 is 0. The van der Waals surface area contributed by atoms with Crippen LogP contribution >= 0.6 is 0 Å². The minimum absolute atomic E-state index is 0.0511. The highest BCUT2D eigenvalue weighted by molar-refractivity contribution is 5.81. The fourth-order valence-corrected chi connectivity index (χ4v) is 3.81. The van der Waals surface area contributed by atoms with E-state index in [0.717, 1.165) is 25.9 Å². The Labute approximate surface area is 127 Å². The summed E-state index contributed by atoms with van der Waals surface area (Å²) in [6.45, 7) is 11.5. The number of carboxylic acid groups (broad SMARTS) is 1. The predicted molar refractivity (Wildman–Crippen MR) is 81.1 cm³/mol. The second-order valence-corrected chi connectivity index (χ2v) is 7.98. The number of amides is 2. The van der Waals surface area contributed by atoms with Crippen LogP contribution in [0.2, 0.25) is 0 Å². The molecule has 0 aromatic carbocycles. The fourth-order valence-electron chi connectivity index (χ4n) is 3.81. The van der Waals surface area contributed by atoms with Gasteiger partial charge in [0.05, 0.1) is 0 Å². The topological polar surface area (TPSA) is 60.9 Å². The molecule has 1 saturated carbocycles. The molecule has 1 aliphatic heterocycles. The monoisotopic (exact) mass is 296 g/mol. The summed E-state index contributed by atoms with van der Waals surface area (Å²) in [5, 5.41) is 9.54. The van der Waals surface area contributed by atoms with Gasteiger partial charge in [0.1, 0.15) is 0 Å². The zero-order chi connectivity index (χ0) is 16.0. The van der Waals surface area contributed by atoms with Gasteiger partial charge in [-0.1, -0.05) is 13.8 Å². The van der Waals surface area contributed by atoms with E-state index in [2.05, 4.69) is 0 Å². The smallest absolute Gasteiger partial charge is 0.408 e. The molecule has 2 aliphatic rings. The molecule has 1 N–H and O–H groups in total. The van der Waals surface area contributed by atoms with Gasteiger partial charge in [-0.05, 0) is 45.4 Å². The predicted octanol–water partition coefficient (Wildman–Crippen LogP) is 2.80. The van der Waals surface area contributed by atoms with Crippen molar-refractivity contribution in [1.29, 1.82) is 0 Å². The summed E-state index contributed by atoms with van der Waals surface area (Å²) in [4.78, 5) is 27.7. The first-order chi connectivity index (χ1) is 9.56. The van der Waals surface area contributed by atoms with Crippen molar-refractivity contribution in [2.24, 2.45) is 11.3 Å². The molecule has 2 fully saturated rings. The zero-order valence-electron chi connectivity index (χ0n) is 13.8. The maximum Gasteiger partial charge on any atom is 0.408 e. The van der Waals surface area contributed by atoms with Crippen molar-refractivity contribution in [3.63, 3.8) is 0 Å². The SMILES string of the molecule is CC1(C)[C@@H](C(=O)N2CCCC2)C[C@H]1N(C(=O)O)C(C)(C)C. The van der Waals surface area contributed by atoms with E-state index >= 15 is 0 Å². The van der Waals surface area contributed by atoms with Gasteiger partial charge in [-0.25, -0.2) is 4.79 Å². The Morgan fingerprint density at radius 1 is 1.19 bits per heavy atom. The quantitative estimate of drug-likeness (QED) is 0.852. The van der Waals surface area contributed by atoms with Crippen LogP contribution in [0, 0.1) is 11.3 Å². The first kappa shape index (κ1) is 16.1. The Balaban J connectivity index is 2.13. The van der Waals surface area contributed by atoms with Crippen LogP contribution < -0.4 is 0 Å². The number of carbonyl (C=O) groups excluding carboxylic acids is 1. The van der Waals surface area contributed by atoms with Crippen LogP contribution in [0.5, 0.6) is 0 Å². The van der Waals surface area contributed by atoms with Crippen molar-refractivity contribution in [3.8, 4) is 0 Å². The van der Waals surface area contributed by atoms with Gasteiger partial charge in [0.15, 0.2) is 0 Å². The first-order valence-corrected chi connectivity index (χ1v) is 7.88. The highest BCUT2D eigenvalue weighted by Crippen LogP contribution is 2.51. The summed E-state index contributed by atoms with van der Waals surface area (Å²) in [5.74, 6) is 0.165. The van der Waals surface area contributed by atoms with Crippen LogP contribution in [0.25, 0.3) is 0 Å². The van der Waals surface area contributed by atoms with Crippen LogP contribution in [0.15, 0.2) is 0 Å². The van der Waals surface area contributed by atoms with Gasteiger partial charge in [-0.15, -0.1) is 0 Å². The van der Waals surface area contributed by atoms with E-state index in [-0.39, 0.29) is 23.3 Å². The normalized spacial score (nSPS) is 28.1. The number of hydrogen-bond donors (Lipinski definition) is 1. The lowest BCUT2D eigenvalue weighted by Crippen LogP contribution is -2.66. The molecular weight excluding hydrogens is 268 g/mol.